The Kier molecular flexibility index (Phi) is 6.44. The molecule has 1 heterocycles. The van der Waals surface area contributed by atoms with Gasteiger partial charge < -0.3 is 16.2 Å². The molecule has 1 unspecified atom stereocenters. The van der Waals surface area contributed by atoms with Crippen LogP contribution < -0.4 is 11.1 Å². The van der Waals surface area contributed by atoms with Crippen LogP contribution in [0.1, 0.15) is 48.0 Å². The lowest BCUT2D eigenvalue weighted by atomic mass is 9.97. The number of aliphatic carboxylic acids is 1. The highest BCUT2D eigenvalue weighted by Crippen LogP contribution is 2.19. The molecule has 1 aromatic heterocycles. The van der Waals surface area contributed by atoms with Gasteiger partial charge >= 0.3 is 5.97 Å². The van der Waals surface area contributed by atoms with Gasteiger partial charge in [-0.2, -0.15) is 0 Å². The number of carboxylic acids is 1. The Morgan fingerprint density at radius 1 is 1.45 bits per heavy atom. The summed E-state index contributed by atoms with van der Waals surface area (Å²) in [5.74, 6) is -0.618. The average Bonchev–Trinajstić information content (AvgIpc) is 2.72. The van der Waals surface area contributed by atoms with Crippen molar-refractivity contribution in [2.75, 3.05) is 12.3 Å². The minimum Gasteiger partial charge on any atom is -0.481 e. The largest absolute Gasteiger partial charge is 0.481 e. The lowest BCUT2D eigenvalue weighted by Gasteiger charge is -2.13. The van der Waals surface area contributed by atoms with Crippen LogP contribution in [0.2, 0.25) is 0 Å². The van der Waals surface area contributed by atoms with E-state index in [1.807, 2.05) is 6.92 Å². The van der Waals surface area contributed by atoms with E-state index in [2.05, 4.69) is 10.3 Å². The maximum absolute atomic E-state index is 11.9. The topological polar surface area (TPSA) is 105 Å². The number of aromatic nitrogens is 1. The molecule has 0 radical (unpaired) electrons. The monoisotopic (exact) mass is 299 g/mol. The first-order chi connectivity index (χ1) is 9.43. The first-order valence-corrected chi connectivity index (χ1v) is 7.48. The zero-order valence-corrected chi connectivity index (χ0v) is 12.6. The molecule has 20 heavy (non-hydrogen) atoms. The first-order valence-electron chi connectivity index (χ1n) is 6.66. The molecule has 1 atom stereocenters. The molecule has 0 aliphatic heterocycles. The van der Waals surface area contributed by atoms with Gasteiger partial charge in [-0.1, -0.05) is 24.7 Å². The van der Waals surface area contributed by atoms with Crippen molar-refractivity contribution in [3.63, 3.8) is 0 Å². The number of hydrogen-bond acceptors (Lipinski definition) is 5. The fraction of sp³-hybridized carbons (Fsp3) is 0.615. The summed E-state index contributed by atoms with van der Waals surface area (Å²) in [6, 6.07) is 0. The van der Waals surface area contributed by atoms with Gasteiger partial charge in [-0.3, -0.25) is 9.59 Å². The Hall–Kier alpha value is -1.63. The Morgan fingerprint density at radius 3 is 2.65 bits per heavy atom. The van der Waals surface area contributed by atoms with E-state index in [-0.39, 0.29) is 12.3 Å². The number of carboxylic acid groups (broad SMARTS) is 1. The molecule has 112 valence electrons. The minimum absolute atomic E-state index is 0.162. The van der Waals surface area contributed by atoms with E-state index in [0.717, 1.165) is 12.8 Å². The lowest BCUT2D eigenvalue weighted by Crippen LogP contribution is -2.25. The number of anilines is 1. The third-order valence-electron chi connectivity index (χ3n) is 3.20. The molecule has 0 bridgehead atoms. The van der Waals surface area contributed by atoms with Crippen LogP contribution in [0.15, 0.2) is 0 Å². The summed E-state index contributed by atoms with van der Waals surface area (Å²) in [7, 11) is 0. The van der Waals surface area contributed by atoms with Gasteiger partial charge in [-0.15, -0.1) is 0 Å². The van der Waals surface area contributed by atoms with Crippen molar-refractivity contribution in [2.45, 2.75) is 39.5 Å². The van der Waals surface area contributed by atoms with Gasteiger partial charge in [0.15, 0.2) is 5.13 Å². The number of thiazole rings is 1. The molecule has 0 aliphatic carbocycles. The van der Waals surface area contributed by atoms with Crippen LogP contribution in [0.5, 0.6) is 0 Å². The molecule has 6 nitrogen and oxygen atoms in total. The molecule has 4 N–H and O–H groups in total. The Bertz CT molecular complexity index is 473. The Balaban J connectivity index is 2.37. The second kappa shape index (κ2) is 7.84. The fourth-order valence-corrected chi connectivity index (χ4v) is 2.73. The van der Waals surface area contributed by atoms with Gasteiger partial charge in [0.05, 0.1) is 5.69 Å². The predicted molar refractivity (Wildman–Crippen MR) is 78.9 cm³/mol. The number of nitrogens with two attached hydrogens (primary N) is 1. The zero-order chi connectivity index (χ0) is 15.1. The van der Waals surface area contributed by atoms with Crippen molar-refractivity contribution in [1.82, 2.24) is 10.3 Å². The predicted octanol–water partition coefficient (Wildman–Crippen LogP) is 2.04. The summed E-state index contributed by atoms with van der Waals surface area (Å²) in [6.07, 6.45) is 2.52. The van der Waals surface area contributed by atoms with E-state index in [1.54, 1.807) is 6.92 Å². The van der Waals surface area contributed by atoms with Crippen molar-refractivity contribution in [2.24, 2.45) is 5.92 Å². The fourth-order valence-electron chi connectivity index (χ4n) is 1.98. The zero-order valence-electron chi connectivity index (χ0n) is 11.8. The quantitative estimate of drug-likeness (QED) is 0.681. The average molecular weight is 299 g/mol. The molecule has 0 saturated carbocycles. The van der Waals surface area contributed by atoms with E-state index in [0.29, 0.717) is 34.6 Å². The highest BCUT2D eigenvalue weighted by Gasteiger charge is 2.14. The van der Waals surface area contributed by atoms with Crippen molar-refractivity contribution >= 4 is 28.3 Å². The number of aryl methyl sites for hydroxylation is 1. The van der Waals surface area contributed by atoms with Crippen LogP contribution in [0.4, 0.5) is 5.13 Å². The molecule has 1 rings (SSSR count). The van der Waals surface area contributed by atoms with E-state index in [4.69, 9.17) is 10.8 Å². The summed E-state index contributed by atoms with van der Waals surface area (Å²) in [6.45, 7) is 4.32. The Morgan fingerprint density at radius 2 is 2.15 bits per heavy atom. The van der Waals surface area contributed by atoms with Crippen molar-refractivity contribution in [1.29, 1.82) is 0 Å². The van der Waals surface area contributed by atoms with Crippen LogP contribution in [-0.2, 0) is 4.79 Å². The maximum atomic E-state index is 11.9. The number of carbonyl (C=O) groups is 2. The number of hydrogen-bond donors (Lipinski definition) is 3. The number of nitrogens with one attached hydrogen (secondary N) is 1. The molecule has 0 fully saturated rings. The Labute approximate surface area is 122 Å². The van der Waals surface area contributed by atoms with E-state index < -0.39 is 5.97 Å². The van der Waals surface area contributed by atoms with Crippen LogP contribution in [0.3, 0.4) is 0 Å². The SMILES string of the molecule is CCC(CCNC(=O)c1sc(N)nc1C)CCC(=O)O. The minimum atomic E-state index is -0.775. The molecular formula is C13H21N3O3S. The van der Waals surface area contributed by atoms with Gasteiger partial charge in [0, 0.05) is 13.0 Å². The molecule has 0 spiro atoms. The van der Waals surface area contributed by atoms with Gasteiger partial charge in [0.1, 0.15) is 4.88 Å². The van der Waals surface area contributed by atoms with E-state index in [9.17, 15) is 9.59 Å². The molecule has 0 aromatic carbocycles. The first kappa shape index (κ1) is 16.4. The van der Waals surface area contributed by atoms with Crippen LogP contribution >= 0.6 is 11.3 Å². The van der Waals surface area contributed by atoms with Crippen LogP contribution in [0.25, 0.3) is 0 Å². The summed E-state index contributed by atoms with van der Waals surface area (Å²) >= 11 is 1.18. The van der Waals surface area contributed by atoms with Crippen molar-refractivity contribution < 1.29 is 14.7 Å². The summed E-state index contributed by atoms with van der Waals surface area (Å²) < 4.78 is 0. The third-order valence-corrected chi connectivity index (χ3v) is 4.19. The van der Waals surface area contributed by atoms with E-state index in [1.165, 1.54) is 11.3 Å². The highest BCUT2D eigenvalue weighted by molar-refractivity contribution is 7.17. The molecule has 7 heteroatoms. The molecule has 1 amide bonds. The smallest absolute Gasteiger partial charge is 0.303 e. The van der Waals surface area contributed by atoms with Gasteiger partial charge in [0.25, 0.3) is 5.91 Å². The number of nitrogen functional groups attached to an aromatic ring is 1. The van der Waals surface area contributed by atoms with Crippen molar-refractivity contribution in [3.05, 3.63) is 10.6 Å². The second-order valence-electron chi connectivity index (χ2n) is 4.72. The van der Waals surface area contributed by atoms with Crippen LogP contribution in [0, 0.1) is 12.8 Å². The maximum Gasteiger partial charge on any atom is 0.303 e. The normalized spacial score (nSPS) is 12.1. The molecule has 0 saturated heterocycles. The second-order valence-corrected chi connectivity index (χ2v) is 5.75. The molecule has 0 aliphatic rings. The van der Waals surface area contributed by atoms with Gasteiger partial charge in [0.2, 0.25) is 0 Å². The summed E-state index contributed by atoms with van der Waals surface area (Å²) in [4.78, 5) is 27.0. The van der Waals surface area contributed by atoms with Crippen molar-refractivity contribution in [3.8, 4) is 0 Å². The third kappa shape index (κ3) is 5.16. The van der Waals surface area contributed by atoms with Crippen LogP contribution in [-0.4, -0.2) is 28.5 Å². The standard InChI is InChI=1S/C13H21N3O3S/c1-3-9(4-5-10(17)18)6-7-15-12(19)11-8(2)16-13(14)20-11/h9H,3-7H2,1-2H3,(H2,14,16)(H,15,19)(H,17,18). The number of amides is 1. The van der Waals surface area contributed by atoms with Gasteiger partial charge in [-0.05, 0) is 25.7 Å². The number of rotatable bonds is 8. The molecular weight excluding hydrogens is 278 g/mol. The van der Waals surface area contributed by atoms with E-state index >= 15 is 0 Å². The lowest BCUT2D eigenvalue weighted by molar-refractivity contribution is -0.137. The highest BCUT2D eigenvalue weighted by atomic mass is 32.1. The van der Waals surface area contributed by atoms with Gasteiger partial charge in [-0.25, -0.2) is 4.98 Å². The number of carbonyl (C=O) groups excluding carboxylic acids is 1. The molecule has 1 aromatic rings. The summed E-state index contributed by atoms with van der Waals surface area (Å²) in [5, 5.41) is 11.9. The number of nitrogens with zero attached hydrogens (tertiary/aromatic N) is 1. The summed E-state index contributed by atoms with van der Waals surface area (Å²) in [5.41, 5.74) is 6.20.